The molecule has 0 heterocycles. The molecule has 1 rings (SSSR count). The fourth-order valence-electron chi connectivity index (χ4n) is 1.94. The molecule has 0 aromatic heterocycles. The Labute approximate surface area is 153 Å². The van der Waals surface area contributed by atoms with Crippen molar-refractivity contribution in [1.82, 2.24) is 0 Å². The first-order valence-electron chi connectivity index (χ1n) is 8.74. The number of carboxylic acid groups (broad SMARTS) is 1. The number of hydrogen-bond acceptors (Lipinski definition) is 6. The monoisotopic (exact) mass is 365 g/mol. The summed E-state index contributed by atoms with van der Waals surface area (Å²) in [5.41, 5.74) is 6.12. The Bertz CT molecular complexity index is 657. The maximum atomic E-state index is 12.1. The summed E-state index contributed by atoms with van der Waals surface area (Å²) in [7, 11) is 0. The van der Waals surface area contributed by atoms with Crippen molar-refractivity contribution in [3.8, 4) is 11.5 Å². The number of aliphatic carboxylic acids is 1. The average Bonchev–Trinajstić information content (AvgIpc) is 2.61. The number of nitrogens with two attached hydrogens (primary N) is 1. The number of carboxylic acids is 1. The molecule has 0 spiro atoms. The third-order valence-electron chi connectivity index (χ3n) is 4.23. The van der Waals surface area contributed by atoms with E-state index in [-0.39, 0.29) is 29.8 Å². The van der Waals surface area contributed by atoms with Crippen molar-refractivity contribution in [2.75, 3.05) is 0 Å². The molecule has 0 aliphatic carbocycles. The number of carbonyl (C=O) groups is 3. The molecule has 0 aliphatic heterocycles. The Morgan fingerprint density at radius 3 is 1.96 bits per heavy atom. The van der Waals surface area contributed by atoms with Crippen molar-refractivity contribution in [1.29, 1.82) is 0 Å². The smallest absolute Gasteiger partial charge is 0.320 e. The lowest BCUT2D eigenvalue weighted by Gasteiger charge is -2.16. The maximum Gasteiger partial charge on any atom is 0.320 e. The highest BCUT2D eigenvalue weighted by molar-refractivity contribution is 5.78. The third kappa shape index (κ3) is 6.15. The van der Waals surface area contributed by atoms with Crippen LogP contribution in [0.25, 0.3) is 0 Å². The highest BCUT2D eigenvalue weighted by atomic mass is 16.6. The summed E-state index contributed by atoms with van der Waals surface area (Å²) in [4.78, 5) is 35.1. The van der Waals surface area contributed by atoms with Crippen molar-refractivity contribution in [3.05, 3.63) is 23.8 Å². The van der Waals surface area contributed by atoms with E-state index >= 15 is 0 Å². The van der Waals surface area contributed by atoms with E-state index in [1.54, 1.807) is 19.9 Å². The van der Waals surface area contributed by atoms with Crippen LogP contribution in [0.15, 0.2) is 18.2 Å². The molecule has 0 bridgehead atoms. The van der Waals surface area contributed by atoms with Gasteiger partial charge in [-0.25, -0.2) is 0 Å². The van der Waals surface area contributed by atoms with Gasteiger partial charge in [0, 0.05) is 0 Å². The lowest BCUT2D eigenvalue weighted by Crippen LogP contribution is -2.32. The zero-order valence-electron chi connectivity index (χ0n) is 15.7. The summed E-state index contributed by atoms with van der Waals surface area (Å²) in [5.74, 6) is -2.42. The normalized spacial score (nSPS) is 14.2. The van der Waals surface area contributed by atoms with Crippen molar-refractivity contribution < 1.29 is 29.0 Å². The molecule has 7 nitrogen and oxygen atoms in total. The van der Waals surface area contributed by atoms with Crippen LogP contribution in [0.5, 0.6) is 11.5 Å². The molecule has 0 saturated carbocycles. The van der Waals surface area contributed by atoms with Crippen molar-refractivity contribution in [3.63, 3.8) is 0 Å². The highest BCUT2D eigenvalue weighted by Gasteiger charge is 2.21. The molecule has 3 N–H and O–H groups in total. The molecular weight excluding hydrogens is 338 g/mol. The molecule has 0 radical (unpaired) electrons. The molecule has 3 atom stereocenters. The van der Waals surface area contributed by atoms with Crippen LogP contribution in [0.3, 0.4) is 0 Å². The quantitative estimate of drug-likeness (QED) is 0.510. The van der Waals surface area contributed by atoms with Crippen LogP contribution >= 0.6 is 0 Å². The molecular formula is C19H27NO6. The SMILES string of the molecule is CCC(C)C(=O)Oc1ccc(C[C@H](N)C(=O)O)cc1OC(=O)C(C)CC. The molecule has 0 amide bonds. The van der Waals surface area contributed by atoms with E-state index in [0.717, 1.165) is 0 Å². The zero-order chi connectivity index (χ0) is 19.9. The van der Waals surface area contributed by atoms with Crippen LogP contribution < -0.4 is 15.2 Å². The molecule has 1 aromatic rings. The predicted molar refractivity (Wildman–Crippen MR) is 95.9 cm³/mol. The Morgan fingerprint density at radius 2 is 1.50 bits per heavy atom. The number of esters is 2. The third-order valence-corrected chi connectivity index (χ3v) is 4.23. The van der Waals surface area contributed by atoms with E-state index in [2.05, 4.69) is 0 Å². The minimum Gasteiger partial charge on any atom is -0.480 e. The van der Waals surface area contributed by atoms with Gasteiger partial charge in [-0.05, 0) is 37.0 Å². The van der Waals surface area contributed by atoms with Gasteiger partial charge in [0.1, 0.15) is 6.04 Å². The minimum absolute atomic E-state index is 0.0583. The molecule has 1 aromatic carbocycles. The molecule has 0 saturated heterocycles. The van der Waals surface area contributed by atoms with Crippen molar-refractivity contribution in [2.24, 2.45) is 17.6 Å². The summed E-state index contributed by atoms with van der Waals surface area (Å²) in [6.45, 7) is 7.20. The molecule has 2 unspecified atom stereocenters. The maximum absolute atomic E-state index is 12.1. The lowest BCUT2D eigenvalue weighted by atomic mass is 10.1. The Hall–Kier alpha value is -2.41. The van der Waals surface area contributed by atoms with Gasteiger partial charge in [0.15, 0.2) is 11.5 Å². The standard InChI is InChI=1S/C19H27NO6/c1-5-11(3)18(23)25-15-8-7-13(9-14(20)17(21)22)10-16(15)26-19(24)12(4)6-2/h7-8,10-12,14H,5-6,9,20H2,1-4H3,(H,21,22)/t11?,12?,14-/m0/s1. The summed E-state index contributed by atoms with van der Waals surface area (Å²) in [6.07, 6.45) is 1.28. The molecule has 0 fully saturated rings. The average molecular weight is 365 g/mol. The molecule has 26 heavy (non-hydrogen) atoms. The second-order valence-electron chi connectivity index (χ2n) is 6.39. The summed E-state index contributed by atoms with van der Waals surface area (Å²) in [5, 5.41) is 8.94. The van der Waals surface area contributed by atoms with E-state index in [0.29, 0.717) is 18.4 Å². The number of carbonyl (C=O) groups excluding carboxylic acids is 2. The van der Waals surface area contributed by atoms with Gasteiger partial charge in [0.2, 0.25) is 0 Å². The van der Waals surface area contributed by atoms with Gasteiger partial charge >= 0.3 is 17.9 Å². The molecule has 0 aliphatic rings. The Kier molecular flexibility index (Phi) is 8.25. The Balaban J connectivity index is 3.12. The van der Waals surface area contributed by atoms with Crippen LogP contribution in [0.2, 0.25) is 0 Å². The fourth-order valence-corrected chi connectivity index (χ4v) is 1.94. The van der Waals surface area contributed by atoms with Gasteiger partial charge in [0.25, 0.3) is 0 Å². The summed E-state index contributed by atoms with van der Waals surface area (Å²) >= 11 is 0. The van der Waals surface area contributed by atoms with Crippen molar-refractivity contribution in [2.45, 2.75) is 53.0 Å². The topological polar surface area (TPSA) is 116 Å². The molecule has 7 heteroatoms. The van der Waals surface area contributed by atoms with Crippen LogP contribution in [0.1, 0.15) is 46.1 Å². The zero-order valence-corrected chi connectivity index (χ0v) is 15.7. The predicted octanol–water partition coefficient (Wildman–Crippen LogP) is 2.54. The van der Waals surface area contributed by atoms with Gasteiger partial charge in [0.05, 0.1) is 11.8 Å². The van der Waals surface area contributed by atoms with Crippen LogP contribution in [-0.4, -0.2) is 29.1 Å². The van der Waals surface area contributed by atoms with E-state index < -0.39 is 23.9 Å². The number of hydrogen-bond donors (Lipinski definition) is 2. The van der Waals surface area contributed by atoms with Gasteiger partial charge in [-0.2, -0.15) is 0 Å². The first-order valence-corrected chi connectivity index (χ1v) is 8.74. The fraction of sp³-hybridized carbons (Fsp3) is 0.526. The lowest BCUT2D eigenvalue weighted by molar-refractivity contribution is -0.141. The van der Waals surface area contributed by atoms with Gasteiger partial charge in [-0.3, -0.25) is 14.4 Å². The summed E-state index contributed by atoms with van der Waals surface area (Å²) in [6, 6.07) is 3.50. The minimum atomic E-state index is -1.13. The molecule has 144 valence electrons. The number of rotatable bonds is 9. The second-order valence-corrected chi connectivity index (χ2v) is 6.39. The summed E-state index contributed by atoms with van der Waals surface area (Å²) < 4.78 is 10.7. The van der Waals surface area contributed by atoms with Gasteiger partial charge in [-0.15, -0.1) is 0 Å². The first kappa shape index (κ1) is 21.6. The van der Waals surface area contributed by atoms with Gasteiger partial charge < -0.3 is 20.3 Å². The van der Waals surface area contributed by atoms with E-state index in [4.69, 9.17) is 20.3 Å². The Morgan fingerprint density at radius 1 is 1.00 bits per heavy atom. The van der Waals surface area contributed by atoms with Crippen LogP contribution in [-0.2, 0) is 20.8 Å². The van der Waals surface area contributed by atoms with E-state index in [1.165, 1.54) is 12.1 Å². The highest BCUT2D eigenvalue weighted by Crippen LogP contribution is 2.31. The van der Waals surface area contributed by atoms with E-state index in [1.807, 2.05) is 13.8 Å². The number of ether oxygens (including phenoxy) is 2. The number of benzene rings is 1. The largest absolute Gasteiger partial charge is 0.480 e. The first-order chi connectivity index (χ1) is 12.2. The van der Waals surface area contributed by atoms with Crippen LogP contribution in [0, 0.1) is 11.8 Å². The van der Waals surface area contributed by atoms with Crippen LogP contribution in [0.4, 0.5) is 0 Å². The second kappa shape index (κ2) is 9.91. The van der Waals surface area contributed by atoms with Crippen molar-refractivity contribution >= 4 is 17.9 Å². The van der Waals surface area contributed by atoms with Gasteiger partial charge in [-0.1, -0.05) is 33.8 Å². The van der Waals surface area contributed by atoms with E-state index in [9.17, 15) is 14.4 Å².